The molecule has 0 radical (unpaired) electrons. The maximum atomic E-state index is 11.5. The first-order valence-corrected chi connectivity index (χ1v) is 5.90. The quantitative estimate of drug-likeness (QED) is 0.809. The monoisotopic (exact) mass is 277 g/mol. The molecular weight excluding hydrogens is 266 g/mol. The summed E-state index contributed by atoms with van der Waals surface area (Å²) in [4.78, 5) is 15.5. The largest absolute Gasteiger partial charge is 0.495 e. The fourth-order valence-electron chi connectivity index (χ4n) is 1.67. The Morgan fingerprint density at radius 3 is 2.58 bits per heavy atom. The second kappa shape index (κ2) is 5.71. The number of nitrogens with zero attached hydrogens (tertiary/aromatic N) is 1. The van der Waals surface area contributed by atoms with Crippen molar-refractivity contribution in [3.8, 4) is 16.9 Å². The zero-order valence-corrected chi connectivity index (χ0v) is 11.3. The maximum absolute atomic E-state index is 11.5. The molecule has 1 aromatic carbocycles. The van der Waals surface area contributed by atoms with Crippen molar-refractivity contribution >= 4 is 17.6 Å². The summed E-state index contributed by atoms with van der Waals surface area (Å²) < 4.78 is 9.76. The van der Waals surface area contributed by atoms with Crippen molar-refractivity contribution in [3.63, 3.8) is 0 Å². The number of aromatic nitrogens is 1. The van der Waals surface area contributed by atoms with Gasteiger partial charge >= 0.3 is 5.97 Å². The third-order valence-electron chi connectivity index (χ3n) is 2.64. The number of carbonyl (C=O) groups excluding carboxylic acids is 1. The van der Waals surface area contributed by atoms with E-state index >= 15 is 0 Å². The van der Waals surface area contributed by atoms with E-state index in [1.807, 2.05) is 6.07 Å². The third-order valence-corrected chi connectivity index (χ3v) is 2.94. The van der Waals surface area contributed by atoms with E-state index in [9.17, 15) is 4.79 Å². The Bertz CT molecular complexity index is 613. The minimum Gasteiger partial charge on any atom is -0.495 e. The lowest BCUT2D eigenvalue weighted by molar-refractivity contribution is 0.0600. The Balaban J connectivity index is 2.41. The van der Waals surface area contributed by atoms with Crippen LogP contribution in [0.4, 0.5) is 0 Å². The normalized spacial score (nSPS) is 10.1. The molecule has 0 atom stereocenters. The lowest BCUT2D eigenvalue weighted by Gasteiger charge is -2.07. The molecule has 2 aromatic rings. The molecule has 0 aliphatic heterocycles. The van der Waals surface area contributed by atoms with E-state index in [0.717, 1.165) is 11.1 Å². The van der Waals surface area contributed by atoms with Gasteiger partial charge < -0.3 is 9.47 Å². The van der Waals surface area contributed by atoms with Crippen molar-refractivity contribution in [1.82, 2.24) is 4.98 Å². The van der Waals surface area contributed by atoms with E-state index in [2.05, 4.69) is 9.72 Å². The van der Waals surface area contributed by atoms with Crippen LogP contribution >= 0.6 is 11.6 Å². The van der Waals surface area contributed by atoms with Gasteiger partial charge in [-0.25, -0.2) is 4.79 Å². The summed E-state index contributed by atoms with van der Waals surface area (Å²) in [5.74, 6) is 0.177. The molecule has 0 saturated heterocycles. The van der Waals surface area contributed by atoms with Crippen LogP contribution in [0.25, 0.3) is 11.1 Å². The predicted molar refractivity (Wildman–Crippen MR) is 72.6 cm³/mol. The van der Waals surface area contributed by atoms with Gasteiger partial charge in [-0.3, -0.25) is 4.98 Å². The summed E-state index contributed by atoms with van der Waals surface area (Å²) in [7, 11) is 2.89. The van der Waals surface area contributed by atoms with Gasteiger partial charge in [-0.1, -0.05) is 17.7 Å². The SMILES string of the molecule is COC(=O)c1cncc(-c2ccc(OC)c(Cl)c2)c1. The van der Waals surface area contributed by atoms with Gasteiger partial charge in [0, 0.05) is 18.0 Å². The highest BCUT2D eigenvalue weighted by Crippen LogP contribution is 2.30. The van der Waals surface area contributed by atoms with Gasteiger partial charge in [0.1, 0.15) is 5.75 Å². The molecule has 1 aromatic heterocycles. The molecule has 0 aliphatic rings. The van der Waals surface area contributed by atoms with Gasteiger partial charge in [-0.05, 0) is 23.8 Å². The molecule has 0 spiro atoms. The minimum absolute atomic E-state index is 0.395. The topological polar surface area (TPSA) is 48.4 Å². The Morgan fingerprint density at radius 2 is 1.95 bits per heavy atom. The number of benzene rings is 1. The first kappa shape index (κ1) is 13.4. The highest BCUT2D eigenvalue weighted by Gasteiger charge is 2.09. The van der Waals surface area contributed by atoms with E-state index < -0.39 is 5.97 Å². The first-order valence-electron chi connectivity index (χ1n) is 5.53. The van der Waals surface area contributed by atoms with Crippen LogP contribution in [-0.4, -0.2) is 25.2 Å². The number of ether oxygens (including phenoxy) is 2. The van der Waals surface area contributed by atoms with Gasteiger partial charge in [0.05, 0.1) is 24.8 Å². The van der Waals surface area contributed by atoms with Crippen molar-refractivity contribution in [1.29, 1.82) is 0 Å². The smallest absolute Gasteiger partial charge is 0.339 e. The fraction of sp³-hybridized carbons (Fsp3) is 0.143. The van der Waals surface area contributed by atoms with Gasteiger partial charge in [0.15, 0.2) is 0 Å². The average Bonchev–Trinajstić information content (AvgIpc) is 2.46. The molecule has 0 aliphatic carbocycles. The maximum Gasteiger partial charge on any atom is 0.339 e. The van der Waals surface area contributed by atoms with Gasteiger partial charge in [-0.15, -0.1) is 0 Å². The summed E-state index contributed by atoms with van der Waals surface area (Å²) in [6.07, 6.45) is 3.12. The first-order chi connectivity index (χ1) is 9.15. The van der Waals surface area contributed by atoms with Crippen LogP contribution in [0.5, 0.6) is 5.75 Å². The molecule has 0 N–H and O–H groups in total. The molecule has 5 heteroatoms. The number of halogens is 1. The molecule has 19 heavy (non-hydrogen) atoms. The molecular formula is C14H12ClNO3. The Morgan fingerprint density at radius 1 is 1.16 bits per heavy atom. The number of rotatable bonds is 3. The van der Waals surface area contributed by atoms with E-state index in [1.165, 1.54) is 13.3 Å². The molecule has 0 unspecified atom stereocenters. The van der Waals surface area contributed by atoms with Crippen LogP contribution in [0, 0.1) is 0 Å². The lowest BCUT2D eigenvalue weighted by Crippen LogP contribution is -2.01. The minimum atomic E-state index is -0.422. The number of hydrogen-bond acceptors (Lipinski definition) is 4. The van der Waals surface area contributed by atoms with Crippen LogP contribution in [-0.2, 0) is 4.74 Å². The van der Waals surface area contributed by atoms with E-state index in [-0.39, 0.29) is 0 Å². The second-order valence-electron chi connectivity index (χ2n) is 3.80. The summed E-state index contributed by atoms with van der Waals surface area (Å²) in [5.41, 5.74) is 2.03. The molecule has 2 rings (SSSR count). The summed E-state index contributed by atoms with van der Waals surface area (Å²) in [6, 6.07) is 7.08. The molecule has 0 amide bonds. The molecule has 0 bridgehead atoms. The number of hydrogen-bond donors (Lipinski definition) is 0. The molecule has 1 heterocycles. The van der Waals surface area contributed by atoms with Gasteiger partial charge in [-0.2, -0.15) is 0 Å². The van der Waals surface area contributed by atoms with Crippen molar-refractivity contribution in [3.05, 3.63) is 47.2 Å². The standard InChI is InChI=1S/C14H12ClNO3/c1-18-13-4-3-9(6-12(13)15)10-5-11(8-16-7-10)14(17)19-2/h3-8H,1-2H3. The summed E-state index contributed by atoms with van der Waals surface area (Å²) in [5, 5.41) is 0.503. The van der Waals surface area contributed by atoms with Crippen molar-refractivity contribution in [2.24, 2.45) is 0 Å². The fourth-order valence-corrected chi connectivity index (χ4v) is 1.93. The zero-order chi connectivity index (χ0) is 13.8. The Labute approximate surface area is 115 Å². The summed E-state index contributed by atoms with van der Waals surface area (Å²) >= 11 is 6.07. The lowest BCUT2D eigenvalue weighted by atomic mass is 10.1. The van der Waals surface area contributed by atoms with Crippen molar-refractivity contribution in [2.75, 3.05) is 14.2 Å². The zero-order valence-electron chi connectivity index (χ0n) is 10.5. The van der Waals surface area contributed by atoms with Crippen LogP contribution in [0.2, 0.25) is 5.02 Å². The second-order valence-corrected chi connectivity index (χ2v) is 4.21. The van der Waals surface area contributed by atoms with Crippen molar-refractivity contribution < 1.29 is 14.3 Å². The Hall–Kier alpha value is -2.07. The number of pyridine rings is 1. The van der Waals surface area contributed by atoms with Crippen LogP contribution in [0.3, 0.4) is 0 Å². The van der Waals surface area contributed by atoms with Crippen LogP contribution in [0.15, 0.2) is 36.7 Å². The van der Waals surface area contributed by atoms with E-state index in [0.29, 0.717) is 16.3 Å². The van der Waals surface area contributed by atoms with E-state index in [4.69, 9.17) is 16.3 Å². The van der Waals surface area contributed by atoms with Crippen LogP contribution < -0.4 is 4.74 Å². The predicted octanol–water partition coefficient (Wildman–Crippen LogP) is 3.20. The number of carbonyl (C=O) groups is 1. The molecule has 0 fully saturated rings. The Kier molecular flexibility index (Phi) is 4.02. The van der Waals surface area contributed by atoms with E-state index in [1.54, 1.807) is 31.5 Å². The van der Waals surface area contributed by atoms with Gasteiger partial charge in [0.2, 0.25) is 0 Å². The number of esters is 1. The molecule has 0 saturated carbocycles. The van der Waals surface area contributed by atoms with Crippen LogP contribution in [0.1, 0.15) is 10.4 Å². The molecule has 4 nitrogen and oxygen atoms in total. The van der Waals surface area contributed by atoms with Gasteiger partial charge in [0.25, 0.3) is 0 Å². The molecule has 98 valence electrons. The highest BCUT2D eigenvalue weighted by molar-refractivity contribution is 6.32. The highest BCUT2D eigenvalue weighted by atomic mass is 35.5. The third kappa shape index (κ3) is 2.85. The summed E-state index contributed by atoms with van der Waals surface area (Å²) in [6.45, 7) is 0. The number of methoxy groups -OCH3 is 2. The average molecular weight is 278 g/mol. The van der Waals surface area contributed by atoms with Crippen molar-refractivity contribution in [2.45, 2.75) is 0 Å².